The Balaban J connectivity index is 2.42. The van der Waals surface area contributed by atoms with E-state index in [1.807, 2.05) is 13.0 Å². The molecule has 3 nitrogen and oxygen atoms in total. The molecule has 2 aromatic carbocycles. The minimum Gasteiger partial charge on any atom is -0.507 e. The lowest BCUT2D eigenvalue weighted by Crippen LogP contribution is -1.95. The van der Waals surface area contributed by atoms with Gasteiger partial charge >= 0.3 is 0 Å². The molecule has 0 radical (unpaired) electrons. The van der Waals surface area contributed by atoms with Gasteiger partial charge in [0.05, 0.1) is 16.4 Å². The van der Waals surface area contributed by atoms with Crippen LogP contribution in [-0.4, -0.2) is 10.8 Å². The Kier molecular flexibility index (Phi) is 4.12. The molecule has 0 amide bonds. The average Bonchev–Trinajstić information content (AvgIpc) is 2.36. The fraction of sp³-hybridized carbons (Fsp3) is 0.0714. The minimum absolute atomic E-state index is 0.186. The van der Waals surface area contributed by atoms with E-state index in [1.165, 1.54) is 0 Å². The molecule has 98 valence electrons. The molecular weight excluding hydrogens is 328 g/mol. The number of nitrogen functional groups attached to an aromatic ring is 1. The van der Waals surface area contributed by atoms with Gasteiger partial charge in [-0.1, -0.05) is 27.5 Å². The number of halogens is 2. The lowest BCUT2D eigenvalue weighted by molar-refractivity contribution is 0.474. The van der Waals surface area contributed by atoms with Gasteiger partial charge in [0.25, 0.3) is 0 Å². The Morgan fingerprint density at radius 1 is 1.26 bits per heavy atom. The van der Waals surface area contributed by atoms with E-state index < -0.39 is 0 Å². The lowest BCUT2D eigenvalue weighted by Gasteiger charge is -2.06. The molecule has 2 aromatic rings. The molecule has 0 bridgehead atoms. The highest BCUT2D eigenvalue weighted by molar-refractivity contribution is 9.10. The van der Waals surface area contributed by atoms with Gasteiger partial charge < -0.3 is 10.8 Å². The van der Waals surface area contributed by atoms with Crippen LogP contribution in [0, 0.1) is 0 Å². The molecular formula is C14H12BrClN2O. The Labute approximate surface area is 124 Å². The lowest BCUT2D eigenvalue weighted by atomic mass is 10.1. The number of nitrogens with zero attached hydrogens (tertiary/aromatic N) is 1. The average molecular weight is 340 g/mol. The number of benzene rings is 2. The number of hydrogen-bond acceptors (Lipinski definition) is 3. The highest BCUT2D eigenvalue weighted by atomic mass is 79.9. The molecule has 0 atom stereocenters. The van der Waals surface area contributed by atoms with Gasteiger partial charge in [0.2, 0.25) is 0 Å². The normalized spacial score (nSPS) is 11.6. The Hall–Kier alpha value is -1.52. The van der Waals surface area contributed by atoms with Crippen molar-refractivity contribution in [2.75, 3.05) is 5.73 Å². The predicted molar refractivity (Wildman–Crippen MR) is 83.5 cm³/mol. The fourth-order valence-electron chi connectivity index (χ4n) is 1.65. The van der Waals surface area contributed by atoms with Crippen molar-refractivity contribution in [2.45, 2.75) is 6.92 Å². The molecule has 2 rings (SSSR count). The van der Waals surface area contributed by atoms with Gasteiger partial charge in [-0.25, -0.2) is 0 Å². The number of hydrogen-bond donors (Lipinski definition) is 2. The Morgan fingerprint density at radius 3 is 2.68 bits per heavy atom. The molecule has 0 spiro atoms. The molecule has 0 unspecified atom stereocenters. The van der Waals surface area contributed by atoms with Gasteiger partial charge in [0.15, 0.2) is 0 Å². The van der Waals surface area contributed by atoms with Crippen LogP contribution < -0.4 is 5.73 Å². The van der Waals surface area contributed by atoms with Crippen LogP contribution in [0.25, 0.3) is 0 Å². The second-order valence-electron chi connectivity index (χ2n) is 4.06. The molecule has 0 saturated heterocycles. The third kappa shape index (κ3) is 3.28. The van der Waals surface area contributed by atoms with Crippen LogP contribution in [0.4, 0.5) is 11.4 Å². The fourth-order valence-corrected chi connectivity index (χ4v) is 2.13. The summed E-state index contributed by atoms with van der Waals surface area (Å²) in [5.41, 5.74) is 8.27. The zero-order valence-electron chi connectivity index (χ0n) is 10.2. The SMILES string of the molecule is CC(=Nc1ccc(Cl)c(N)c1)c1cc(Br)ccc1O. The van der Waals surface area contributed by atoms with E-state index in [9.17, 15) is 5.11 Å². The third-order valence-corrected chi connectivity index (χ3v) is 3.46. The second kappa shape index (κ2) is 5.63. The van der Waals surface area contributed by atoms with Gasteiger partial charge in [-0.2, -0.15) is 0 Å². The smallest absolute Gasteiger partial charge is 0.124 e. The monoisotopic (exact) mass is 338 g/mol. The summed E-state index contributed by atoms with van der Waals surface area (Å²) in [6.07, 6.45) is 0. The summed E-state index contributed by atoms with van der Waals surface area (Å²) in [5.74, 6) is 0.186. The third-order valence-electron chi connectivity index (χ3n) is 2.62. The molecule has 3 N–H and O–H groups in total. The van der Waals surface area contributed by atoms with E-state index in [0.29, 0.717) is 27.7 Å². The predicted octanol–water partition coefficient (Wildman–Crippen LogP) is 4.53. The van der Waals surface area contributed by atoms with E-state index in [-0.39, 0.29) is 5.75 Å². The van der Waals surface area contributed by atoms with E-state index in [4.69, 9.17) is 17.3 Å². The first-order chi connectivity index (χ1) is 8.97. The standard InChI is InChI=1S/C14H12BrClN2O/c1-8(11-6-9(15)2-5-14(11)19)18-10-3-4-12(16)13(17)7-10/h2-7,19H,17H2,1H3. The van der Waals surface area contributed by atoms with Crippen LogP contribution in [0.3, 0.4) is 0 Å². The van der Waals surface area contributed by atoms with E-state index in [2.05, 4.69) is 20.9 Å². The maximum absolute atomic E-state index is 9.83. The van der Waals surface area contributed by atoms with Gasteiger partial charge in [0, 0.05) is 15.7 Å². The zero-order chi connectivity index (χ0) is 14.0. The molecule has 0 aromatic heterocycles. The summed E-state index contributed by atoms with van der Waals surface area (Å²) in [6.45, 7) is 1.83. The molecule has 0 aliphatic heterocycles. The highest BCUT2D eigenvalue weighted by Crippen LogP contribution is 2.27. The van der Waals surface area contributed by atoms with E-state index in [0.717, 1.165) is 4.47 Å². The number of phenolic OH excluding ortho intramolecular Hbond substituents is 1. The molecule has 0 aliphatic carbocycles. The number of aliphatic imine (C=N–C) groups is 1. The van der Waals surface area contributed by atoms with Crippen LogP contribution in [0.5, 0.6) is 5.75 Å². The first kappa shape index (κ1) is 13.9. The Bertz CT molecular complexity index is 656. The van der Waals surface area contributed by atoms with Crippen LogP contribution >= 0.6 is 27.5 Å². The van der Waals surface area contributed by atoms with Crippen LogP contribution in [0.15, 0.2) is 45.9 Å². The number of nitrogens with two attached hydrogens (primary N) is 1. The first-order valence-corrected chi connectivity index (χ1v) is 6.73. The van der Waals surface area contributed by atoms with Crippen LogP contribution in [0.1, 0.15) is 12.5 Å². The molecule has 0 heterocycles. The second-order valence-corrected chi connectivity index (χ2v) is 5.39. The van der Waals surface area contributed by atoms with Crippen LogP contribution in [0.2, 0.25) is 5.02 Å². The van der Waals surface area contributed by atoms with Crippen molar-refractivity contribution in [2.24, 2.45) is 4.99 Å². The van der Waals surface area contributed by atoms with Gasteiger partial charge in [-0.05, 0) is 43.3 Å². The van der Waals surface area contributed by atoms with Crippen molar-refractivity contribution < 1.29 is 5.11 Å². The van der Waals surface area contributed by atoms with Crippen molar-refractivity contribution in [3.63, 3.8) is 0 Å². The molecule has 0 saturated carbocycles. The van der Waals surface area contributed by atoms with E-state index >= 15 is 0 Å². The van der Waals surface area contributed by atoms with Crippen molar-refractivity contribution in [1.29, 1.82) is 0 Å². The summed E-state index contributed by atoms with van der Waals surface area (Å²) < 4.78 is 0.880. The number of rotatable bonds is 2. The summed E-state index contributed by atoms with van der Waals surface area (Å²) in [5, 5.41) is 10.3. The molecule has 0 aliphatic rings. The number of aromatic hydroxyl groups is 1. The summed E-state index contributed by atoms with van der Waals surface area (Å²) >= 11 is 9.23. The maximum Gasteiger partial charge on any atom is 0.124 e. The van der Waals surface area contributed by atoms with Crippen molar-refractivity contribution in [3.8, 4) is 5.75 Å². The van der Waals surface area contributed by atoms with Gasteiger partial charge in [0.1, 0.15) is 5.75 Å². The maximum atomic E-state index is 9.83. The van der Waals surface area contributed by atoms with Gasteiger partial charge in [-0.3, -0.25) is 4.99 Å². The van der Waals surface area contributed by atoms with Crippen molar-refractivity contribution >= 4 is 44.6 Å². The topological polar surface area (TPSA) is 58.6 Å². The summed E-state index contributed by atoms with van der Waals surface area (Å²) in [4.78, 5) is 4.43. The molecule has 5 heteroatoms. The number of anilines is 1. The van der Waals surface area contributed by atoms with Gasteiger partial charge in [-0.15, -0.1) is 0 Å². The summed E-state index contributed by atoms with van der Waals surface area (Å²) in [7, 11) is 0. The largest absolute Gasteiger partial charge is 0.507 e. The molecule has 19 heavy (non-hydrogen) atoms. The van der Waals surface area contributed by atoms with Crippen molar-refractivity contribution in [1.82, 2.24) is 0 Å². The van der Waals surface area contributed by atoms with Crippen LogP contribution in [-0.2, 0) is 0 Å². The minimum atomic E-state index is 0.186. The quantitative estimate of drug-likeness (QED) is 0.624. The first-order valence-electron chi connectivity index (χ1n) is 5.56. The zero-order valence-corrected chi connectivity index (χ0v) is 12.5. The number of phenols is 1. The summed E-state index contributed by atoms with van der Waals surface area (Å²) in [6, 6.07) is 10.4. The van der Waals surface area contributed by atoms with E-state index in [1.54, 1.807) is 30.3 Å². The molecule has 0 fully saturated rings. The Morgan fingerprint density at radius 2 is 2.00 bits per heavy atom. The highest BCUT2D eigenvalue weighted by Gasteiger charge is 2.06. The van der Waals surface area contributed by atoms with Crippen molar-refractivity contribution in [3.05, 3.63) is 51.5 Å².